The van der Waals surface area contributed by atoms with Gasteiger partial charge in [0, 0.05) is 6.54 Å². The Hall–Kier alpha value is -1.05. The first-order valence-electron chi connectivity index (χ1n) is 5.53. The number of nitrogens with one attached hydrogen (secondary N) is 1. The molecular weight excluding hydrogens is 184 g/mol. The van der Waals surface area contributed by atoms with Gasteiger partial charge in [-0.3, -0.25) is 4.99 Å². The van der Waals surface area contributed by atoms with Crippen LogP contribution in [0, 0.1) is 5.92 Å². The highest BCUT2D eigenvalue weighted by Gasteiger charge is 1.99. The van der Waals surface area contributed by atoms with Crippen LogP contribution >= 0.6 is 0 Å². The molecule has 0 fully saturated rings. The Morgan fingerprint density at radius 2 is 1.93 bits per heavy atom. The zero-order valence-electron chi connectivity index (χ0n) is 10.7. The Labute approximate surface area is 94.2 Å². The van der Waals surface area contributed by atoms with Gasteiger partial charge in [-0.25, -0.2) is 0 Å². The summed E-state index contributed by atoms with van der Waals surface area (Å²) in [5.41, 5.74) is 3.32. The average molecular weight is 208 g/mol. The van der Waals surface area contributed by atoms with Gasteiger partial charge in [0.2, 0.25) is 0 Å². The van der Waals surface area contributed by atoms with E-state index in [1.54, 1.807) is 0 Å². The molecule has 0 amide bonds. The largest absolute Gasteiger partial charge is 0.384 e. The zero-order valence-corrected chi connectivity index (χ0v) is 10.7. The van der Waals surface area contributed by atoms with Crippen LogP contribution in [0.1, 0.15) is 41.0 Å². The Bertz CT molecular complexity index is 256. The first-order chi connectivity index (χ1) is 6.97. The molecule has 0 aromatic carbocycles. The van der Waals surface area contributed by atoms with Crippen molar-refractivity contribution in [3.8, 4) is 0 Å². The van der Waals surface area contributed by atoms with E-state index in [-0.39, 0.29) is 0 Å². The summed E-state index contributed by atoms with van der Waals surface area (Å²) in [7, 11) is 0. The summed E-state index contributed by atoms with van der Waals surface area (Å²) < 4.78 is 0. The molecule has 0 spiro atoms. The van der Waals surface area contributed by atoms with Crippen molar-refractivity contribution >= 4 is 6.72 Å². The molecule has 0 saturated heterocycles. The highest BCUT2D eigenvalue weighted by atomic mass is 14.9. The highest BCUT2D eigenvalue weighted by Crippen LogP contribution is 2.07. The monoisotopic (exact) mass is 208 g/mol. The lowest BCUT2D eigenvalue weighted by molar-refractivity contribution is 0.565. The molecule has 0 unspecified atom stereocenters. The molecule has 2 heteroatoms. The van der Waals surface area contributed by atoms with Crippen LogP contribution in [0.25, 0.3) is 0 Å². The van der Waals surface area contributed by atoms with Gasteiger partial charge in [0.05, 0.1) is 11.4 Å². The molecular formula is C13H24N2. The minimum atomic E-state index is 0.724. The van der Waals surface area contributed by atoms with Gasteiger partial charge in [-0.1, -0.05) is 19.4 Å². The van der Waals surface area contributed by atoms with Crippen molar-refractivity contribution in [2.24, 2.45) is 10.9 Å². The Kier molecular flexibility index (Phi) is 6.76. The van der Waals surface area contributed by atoms with E-state index in [1.165, 1.54) is 12.0 Å². The molecule has 0 aromatic heterocycles. The van der Waals surface area contributed by atoms with Crippen molar-refractivity contribution in [3.05, 3.63) is 23.0 Å². The standard InChI is InChI=1S/C13H24N2/c1-10(2)7-8-15-13(9-11(3)4)12(5)14-6/h9-10,15H,6-8H2,1-5H3/b13-12-. The number of allylic oxidation sites excluding steroid dienone is 3. The normalized spacial score (nSPS) is 12.1. The Morgan fingerprint density at radius 1 is 1.33 bits per heavy atom. The van der Waals surface area contributed by atoms with Crippen LogP contribution in [-0.2, 0) is 0 Å². The van der Waals surface area contributed by atoms with Crippen molar-refractivity contribution in [2.45, 2.75) is 41.0 Å². The van der Waals surface area contributed by atoms with Gasteiger partial charge < -0.3 is 5.32 Å². The topological polar surface area (TPSA) is 24.4 Å². The van der Waals surface area contributed by atoms with E-state index in [9.17, 15) is 0 Å². The van der Waals surface area contributed by atoms with Gasteiger partial charge in [-0.15, -0.1) is 0 Å². The van der Waals surface area contributed by atoms with Crippen LogP contribution < -0.4 is 5.32 Å². The smallest absolute Gasteiger partial charge is 0.0596 e. The minimum Gasteiger partial charge on any atom is -0.384 e. The van der Waals surface area contributed by atoms with Crippen LogP contribution in [0.2, 0.25) is 0 Å². The molecule has 0 aliphatic carbocycles. The molecule has 0 rings (SSSR count). The van der Waals surface area contributed by atoms with Gasteiger partial charge in [0.15, 0.2) is 0 Å². The summed E-state index contributed by atoms with van der Waals surface area (Å²) in [4.78, 5) is 3.96. The minimum absolute atomic E-state index is 0.724. The third-order valence-corrected chi connectivity index (χ3v) is 2.10. The van der Waals surface area contributed by atoms with Gasteiger partial charge in [0.25, 0.3) is 0 Å². The van der Waals surface area contributed by atoms with E-state index in [0.717, 1.165) is 23.9 Å². The predicted molar refractivity (Wildman–Crippen MR) is 69.1 cm³/mol. The molecule has 1 N–H and O–H groups in total. The zero-order chi connectivity index (χ0) is 11.8. The summed E-state index contributed by atoms with van der Waals surface area (Å²) in [6.07, 6.45) is 3.29. The van der Waals surface area contributed by atoms with Crippen molar-refractivity contribution in [1.82, 2.24) is 5.32 Å². The lowest BCUT2D eigenvalue weighted by atomic mass is 10.1. The third kappa shape index (κ3) is 6.95. The summed E-state index contributed by atoms with van der Waals surface area (Å²) in [5, 5.41) is 3.40. The number of hydrogen-bond acceptors (Lipinski definition) is 2. The van der Waals surface area contributed by atoms with Gasteiger partial charge in [0.1, 0.15) is 0 Å². The van der Waals surface area contributed by atoms with Crippen LogP contribution in [-0.4, -0.2) is 13.3 Å². The lowest BCUT2D eigenvalue weighted by Crippen LogP contribution is -2.16. The second-order valence-corrected chi connectivity index (χ2v) is 4.49. The Balaban J connectivity index is 4.41. The first-order valence-corrected chi connectivity index (χ1v) is 5.53. The maximum Gasteiger partial charge on any atom is 0.0596 e. The molecule has 0 aliphatic rings. The number of hydrogen-bond donors (Lipinski definition) is 1. The molecule has 86 valence electrons. The van der Waals surface area contributed by atoms with E-state index >= 15 is 0 Å². The van der Waals surface area contributed by atoms with Crippen LogP contribution in [0.3, 0.4) is 0 Å². The third-order valence-electron chi connectivity index (χ3n) is 2.10. The molecule has 0 heterocycles. The summed E-state index contributed by atoms with van der Waals surface area (Å²) in [6.45, 7) is 15.1. The van der Waals surface area contributed by atoms with Crippen molar-refractivity contribution < 1.29 is 0 Å². The SMILES string of the molecule is C=N/C(C)=C(/C=C(C)C)NCCC(C)C. The van der Waals surface area contributed by atoms with Crippen molar-refractivity contribution in [3.63, 3.8) is 0 Å². The van der Waals surface area contributed by atoms with E-state index in [1.807, 2.05) is 6.92 Å². The van der Waals surface area contributed by atoms with Crippen LogP contribution in [0.5, 0.6) is 0 Å². The lowest BCUT2D eigenvalue weighted by Gasteiger charge is -2.11. The maximum absolute atomic E-state index is 3.96. The first kappa shape index (κ1) is 13.9. The summed E-state index contributed by atoms with van der Waals surface area (Å²) in [5.74, 6) is 0.724. The summed E-state index contributed by atoms with van der Waals surface area (Å²) in [6, 6.07) is 0. The second kappa shape index (κ2) is 7.27. The maximum atomic E-state index is 3.96. The average Bonchev–Trinajstić information content (AvgIpc) is 2.14. The van der Waals surface area contributed by atoms with E-state index in [0.29, 0.717) is 0 Å². The molecule has 0 saturated carbocycles. The molecule has 15 heavy (non-hydrogen) atoms. The fourth-order valence-corrected chi connectivity index (χ4v) is 1.15. The van der Waals surface area contributed by atoms with E-state index in [4.69, 9.17) is 0 Å². The molecule has 0 aromatic rings. The molecule has 0 aliphatic heterocycles. The van der Waals surface area contributed by atoms with Gasteiger partial charge >= 0.3 is 0 Å². The van der Waals surface area contributed by atoms with Gasteiger partial charge in [-0.05, 0) is 45.9 Å². The van der Waals surface area contributed by atoms with E-state index in [2.05, 4.69) is 50.8 Å². The predicted octanol–water partition coefficient (Wildman–Crippen LogP) is 3.52. The quantitative estimate of drug-likeness (QED) is 0.524. The molecule has 0 radical (unpaired) electrons. The Morgan fingerprint density at radius 3 is 2.33 bits per heavy atom. The van der Waals surface area contributed by atoms with Crippen LogP contribution in [0.15, 0.2) is 28.0 Å². The number of nitrogens with zero attached hydrogens (tertiary/aromatic N) is 1. The summed E-state index contributed by atoms with van der Waals surface area (Å²) >= 11 is 0. The fraction of sp³-hybridized carbons (Fsp3) is 0.615. The molecule has 0 bridgehead atoms. The number of rotatable bonds is 6. The molecule has 0 atom stereocenters. The van der Waals surface area contributed by atoms with E-state index < -0.39 is 0 Å². The highest BCUT2D eigenvalue weighted by molar-refractivity contribution is 5.33. The van der Waals surface area contributed by atoms with Gasteiger partial charge in [-0.2, -0.15) is 0 Å². The fourth-order valence-electron chi connectivity index (χ4n) is 1.15. The van der Waals surface area contributed by atoms with Crippen molar-refractivity contribution in [1.29, 1.82) is 0 Å². The molecule has 2 nitrogen and oxygen atoms in total. The van der Waals surface area contributed by atoms with Crippen molar-refractivity contribution in [2.75, 3.05) is 6.54 Å². The second-order valence-electron chi connectivity index (χ2n) is 4.49. The van der Waals surface area contributed by atoms with Crippen LogP contribution in [0.4, 0.5) is 0 Å². The number of aliphatic imine (C=N–C) groups is 1.